The zero-order valence-corrected chi connectivity index (χ0v) is 21.7. The molecular formula is C29H28N6O5. The third-order valence-electron chi connectivity index (χ3n) is 6.09. The summed E-state index contributed by atoms with van der Waals surface area (Å²) >= 11 is 0. The zero-order chi connectivity index (χ0) is 27.9. The molecule has 40 heavy (non-hydrogen) atoms. The molecular weight excluding hydrogens is 512 g/mol. The van der Waals surface area contributed by atoms with Crippen LogP contribution in [-0.2, 0) is 20.2 Å². The third kappa shape index (κ3) is 6.27. The van der Waals surface area contributed by atoms with E-state index in [1.165, 1.54) is 16.2 Å². The van der Waals surface area contributed by atoms with Crippen LogP contribution >= 0.6 is 0 Å². The van der Waals surface area contributed by atoms with E-state index in [0.29, 0.717) is 12.4 Å². The number of hydrogen-bond donors (Lipinski definition) is 3. The summed E-state index contributed by atoms with van der Waals surface area (Å²) in [6, 6.07) is 26.4. The maximum atomic E-state index is 12.7. The van der Waals surface area contributed by atoms with Crippen LogP contribution in [0.1, 0.15) is 11.1 Å². The van der Waals surface area contributed by atoms with Crippen LogP contribution in [0.4, 0.5) is 5.95 Å². The molecule has 0 amide bonds. The lowest BCUT2D eigenvalue weighted by Crippen LogP contribution is -2.30. The van der Waals surface area contributed by atoms with Crippen molar-refractivity contribution in [2.24, 2.45) is 12.1 Å². The summed E-state index contributed by atoms with van der Waals surface area (Å²) in [7, 11) is 1.50. The van der Waals surface area contributed by atoms with E-state index < -0.39 is 17.4 Å². The number of aromatic amines is 1. The first-order valence-electron chi connectivity index (χ1n) is 12.6. The van der Waals surface area contributed by atoms with Crippen molar-refractivity contribution in [2.45, 2.75) is 19.3 Å². The van der Waals surface area contributed by atoms with E-state index in [2.05, 4.69) is 20.5 Å². The number of aryl methyl sites for hydroxylation is 1. The Morgan fingerprint density at radius 2 is 1.65 bits per heavy atom. The van der Waals surface area contributed by atoms with Crippen molar-refractivity contribution >= 4 is 23.3 Å². The number of H-pyrrole nitrogens is 1. The average molecular weight is 541 g/mol. The van der Waals surface area contributed by atoms with Gasteiger partial charge in [0.05, 0.1) is 12.8 Å². The molecule has 2 aromatic heterocycles. The Kier molecular flexibility index (Phi) is 8.02. The molecule has 204 valence electrons. The van der Waals surface area contributed by atoms with Crippen molar-refractivity contribution in [3.8, 4) is 11.5 Å². The monoisotopic (exact) mass is 540 g/mol. The lowest BCUT2D eigenvalue weighted by atomic mass is 10.2. The number of aromatic nitrogens is 4. The van der Waals surface area contributed by atoms with Gasteiger partial charge >= 0.3 is 5.69 Å². The number of nitrogens with one attached hydrogen (secondary N) is 2. The predicted octanol–water partition coefficient (Wildman–Crippen LogP) is 2.89. The summed E-state index contributed by atoms with van der Waals surface area (Å²) in [5.41, 5.74) is 3.77. The minimum absolute atomic E-state index is 0.0191. The van der Waals surface area contributed by atoms with Crippen LogP contribution < -0.4 is 26.1 Å². The number of hydrogen-bond acceptors (Lipinski definition) is 8. The predicted molar refractivity (Wildman–Crippen MR) is 152 cm³/mol. The van der Waals surface area contributed by atoms with Crippen LogP contribution in [0.2, 0.25) is 0 Å². The Morgan fingerprint density at radius 3 is 2.38 bits per heavy atom. The van der Waals surface area contributed by atoms with E-state index >= 15 is 0 Å². The Hall–Kier alpha value is -5.16. The summed E-state index contributed by atoms with van der Waals surface area (Å²) in [5.74, 6) is 1.51. The number of aliphatic hydroxyl groups excluding tert-OH is 1. The van der Waals surface area contributed by atoms with Gasteiger partial charge in [-0.15, -0.1) is 0 Å². The fourth-order valence-corrected chi connectivity index (χ4v) is 4.03. The molecule has 0 aliphatic heterocycles. The first kappa shape index (κ1) is 26.4. The molecule has 11 heteroatoms. The van der Waals surface area contributed by atoms with Gasteiger partial charge in [0.2, 0.25) is 5.95 Å². The number of anilines is 1. The molecule has 2 heterocycles. The van der Waals surface area contributed by atoms with Crippen molar-refractivity contribution in [1.29, 1.82) is 0 Å². The number of aliphatic hydroxyl groups is 1. The Labute approximate surface area is 229 Å². The molecule has 0 radical (unpaired) electrons. The number of nitrogens with zero attached hydrogens (tertiary/aromatic N) is 4. The maximum Gasteiger partial charge on any atom is 0.329 e. The van der Waals surface area contributed by atoms with Gasteiger partial charge in [0, 0.05) is 7.05 Å². The number of fused-ring (bicyclic) bond motifs is 1. The summed E-state index contributed by atoms with van der Waals surface area (Å²) in [4.78, 5) is 31.5. The Morgan fingerprint density at radius 1 is 0.975 bits per heavy atom. The van der Waals surface area contributed by atoms with E-state index in [1.807, 2.05) is 72.8 Å². The number of para-hydroxylation sites is 1. The molecule has 11 nitrogen and oxygen atoms in total. The van der Waals surface area contributed by atoms with Crippen molar-refractivity contribution in [3.63, 3.8) is 0 Å². The van der Waals surface area contributed by atoms with E-state index in [1.54, 1.807) is 18.3 Å². The standard InChI is InChI=1S/C29H28N6O5/c1-34-26-25(27(37)32-29(34)38)35(17-22(36)19-40-23-10-6-3-7-11-23)28(31-26)33-30-16-20-12-14-24(15-13-20)39-18-21-8-4-2-5-9-21/h2-16,22,36H,17-19H2,1H3,(H,31,33)(H,32,37,38). The molecule has 5 rings (SSSR count). The normalized spacial score (nSPS) is 12.1. The van der Waals surface area contributed by atoms with Crippen LogP contribution in [0.25, 0.3) is 11.2 Å². The number of imidazole rings is 1. The summed E-state index contributed by atoms with van der Waals surface area (Å²) in [5, 5.41) is 15.0. The zero-order valence-electron chi connectivity index (χ0n) is 21.7. The second-order valence-electron chi connectivity index (χ2n) is 9.03. The highest BCUT2D eigenvalue weighted by Gasteiger charge is 2.20. The minimum atomic E-state index is -0.984. The maximum absolute atomic E-state index is 12.7. The second kappa shape index (κ2) is 12.1. The SMILES string of the molecule is Cn1c(=O)[nH]c(=O)c2c1nc(NN=Cc1ccc(OCc3ccccc3)cc1)n2CC(O)COc1ccccc1. The van der Waals surface area contributed by atoms with Gasteiger partial charge in [-0.05, 0) is 47.5 Å². The van der Waals surface area contributed by atoms with Crippen LogP contribution in [0.5, 0.6) is 11.5 Å². The van der Waals surface area contributed by atoms with E-state index in [9.17, 15) is 14.7 Å². The molecule has 3 aromatic carbocycles. The van der Waals surface area contributed by atoms with Gasteiger partial charge in [-0.25, -0.2) is 10.2 Å². The van der Waals surface area contributed by atoms with Crippen LogP contribution in [0, 0.1) is 0 Å². The molecule has 0 aliphatic rings. The van der Waals surface area contributed by atoms with Crippen molar-refractivity contribution in [3.05, 3.63) is 117 Å². The minimum Gasteiger partial charge on any atom is -0.491 e. The molecule has 1 atom stereocenters. The van der Waals surface area contributed by atoms with Gasteiger partial charge in [0.15, 0.2) is 11.2 Å². The van der Waals surface area contributed by atoms with Gasteiger partial charge in [0.1, 0.15) is 30.8 Å². The van der Waals surface area contributed by atoms with Gasteiger partial charge in [-0.2, -0.15) is 10.1 Å². The molecule has 1 unspecified atom stereocenters. The molecule has 3 N–H and O–H groups in total. The highest BCUT2D eigenvalue weighted by Crippen LogP contribution is 2.18. The molecule has 0 saturated carbocycles. The summed E-state index contributed by atoms with van der Waals surface area (Å²) in [6.07, 6.45) is 0.602. The number of benzene rings is 3. The quantitative estimate of drug-likeness (QED) is 0.173. The fraction of sp³-hybridized carbons (Fsp3) is 0.172. The summed E-state index contributed by atoms with van der Waals surface area (Å²) in [6.45, 7) is 0.417. The fourth-order valence-electron chi connectivity index (χ4n) is 4.03. The average Bonchev–Trinajstić information content (AvgIpc) is 3.34. The smallest absolute Gasteiger partial charge is 0.329 e. The number of rotatable bonds is 11. The third-order valence-corrected chi connectivity index (χ3v) is 6.09. The molecule has 0 saturated heterocycles. The first-order valence-corrected chi connectivity index (χ1v) is 12.6. The molecule has 0 bridgehead atoms. The second-order valence-corrected chi connectivity index (χ2v) is 9.03. The molecule has 0 aliphatic carbocycles. The van der Waals surface area contributed by atoms with Crippen LogP contribution in [-0.4, -0.2) is 43.1 Å². The topological polar surface area (TPSA) is 136 Å². The first-order chi connectivity index (χ1) is 19.5. The van der Waals surface area contributed by atoms with Crippen molar-refractivity contribution in [2.75, 3.05) is 12.0 Å². The van der Waals surface area contributed by atoms with Crippen LogP contribution in [0.15, 0.2) is 99.6 Å². The van der Waals surface area contributed by atoms with Gasteiger partial charge < -0.3 is 19.1 Å². The molecule has 0 spiro atoms. The largest absolute Gasteiger partial charge is 0.491 e. The number of ether oxygens (including phenoxy) is 2. The number of hydrazone groups is 1. The van der Waals surface area contributed by atoms with Crippen LogP contribution in [0.3, 0.4) is 0 Å². The lowest BCUT2D eigenvalue weighted by Gasteiger charge is -2.15. The van der Waals surface area contributed by atoms with Crippen molar-refractivity contribution < 1.29 is 14.6 Å². The highest BCUT2D eigenvalue weighted by molar-refractivity contribution is 5.80. The van der Waals surface area contributed by atoms with E-state index in [-0.39, 0.29) is 30.3 Å². The van der Waals surface area contributed by atoms with E-state index in [0.717, 1.165) is 16.9 Å². The van der Waals surface area contributed by atoms with Gasteiger partial charge in [-0.3, -0.25) is 14.3 Å². The highest BCUT2D eigenvalue weighted by atomic mass is 16.5. The Bertz CT molecular complexity index is 1710. The molecule has 5 aromatic rings. The molecule has 0 fully saturated rings. The lowest BCUT2D eigenvalue weighted by molar-refractivity contribution is 0.0938. The van der Waals surface area contributed by atoms with Gasteiger partial charge in [-0.1, -0.05) is 48.5 Å². The van der Waals surface area contributed by atoms with Crippen molar-refractivity contribution in [1.82, 2.24) is 19.1 Å². The van der Waals surface area contributed by atoms with E-state index in [4.69, 9.17) is 9.47 Å². The summed E-state index contributed by atoms with van der Waals surface area (Å²) < 4.78 is 14.2. The Balaban J connectivity index is 1.31. The van der Waals surface area contributed by atoms with Gasteiger partial charge in [0.25, 0.3) is 5.56 Å².